The van der Waals surface area contributed by atoms with Crippen LogP contribution >= 0.6 is 22.6 Å². The lowest BCUT2D eigenvalue weighted by atomic mass is 10.2. The molecular formula is C14H8F2IN3O. The minimum absolute atomic E-state index is 0.00302. The van der Waals surface area contributed by atoms with Gasteiger partial charge in [0.15, 0.2) is 0 Å². The molecule has 3 rings (SSSR count). The van der Waals surface area contributed by atoms with Crippen molar-refractivity contribution in [3.05, 3.63) is 62.0 Å². The van der Waals surface area contributed by atoms with Gasteiger partial charge in [-0.25, -0.2) is 18.3 Å². The number of benzene rings is 2. The van der Waals surface area contributed by atoms with Gasteiger partial charge >= 0.3 is 0 Å². The Labute approximate surface area is 131 Å². The van der Waals surface area contributed by atoms with E-state index in [2.05, 4.69) is 27.6 Å². The largest absolute Gasteiger partial charge is 0.369 e. The summed E-state index contributed by atoms with van der Waals surface area (Å²) >= 11 is 2.06. The van der Waals surface area contributed by atoms with Crippen LogP contribution in [0.1, 0.15) is 0 Å². The Hall–Kier alpha value is -2.03. The van der Waals surface area contributed by atoms with Crippen molar-refractivity contribution in [1.82, 2.24) is 9.55 Å². The molecular weight excluding hydrogens is 391 g/mol. The Balaban J connectivity index is 2.39. The summed E-state index contributed by atoms with van der Waals surface area (Å²) in [6.07, 6.45) is 0. The fourth-order valence-corrected chi connectivity index (χ4v) is 2.58. The fraction of sp³-hybridized carbons (Fsp3) is 0. The van der Waals surface area contributed by atoms with E-state index < -0.39 is 17.2 Å². The maximum atomic E-state index is 13.3. The Morgan fingerprint density at radius 3 is 2.43 bits per heavy atom. The number of halogens is 3. The zero-order valence-electron chi connectivity index (χ0n) is 10.5. The van der Waals surface area contributed by atoms with E-state index in [9.17, 15) is 13.6 Å². The number of nitrogen functional groups attached to an aromatic ring is 1. The Morgan fingerprint density at radius 1 is 1.10 bits per heavy atom. The van der Waals surface area contributed by atoms with E-state index in [0.717, 1.165) is 26.3 Å². The second-order valence-corrected chi connectivity index (χ2v) is 5.65. The average Bonchev–Trinajstić information content (AvgIpc) is 2.39. The Morgan fingerprint density at radius 2 is 1.76 bits per heavy atom. The highest BCUT2D eigenvalue weighted by molar-refractivity contribution is 14.1. The zero-order valence-corrected chi connectivity index (χ0v) is 12.6. The molecule has 0 radical (unpaired) electrons. The van der Waals surface area contributed by atoms with E-state index in [-0.39, 0.29) is 11.6 Å². The molecule has 0 aliphatic carbocycles. The molecule has 0 saturated carbocycles. The van der Waals surface area contributed by atoms with E-state index in [1.165, 1.54) is 0 Å². The molecule has 21 heavy (non-hydrogen) atoms. The third-order valence-electron chi connectivity index (χ3n) is 2.96. The number of nitrogens with zero attached hydrogens (tertiary/aromatic N) is 2. The summed E-state index contributed by atoms with van der Waals surface area (Å²) in [5, 5.41) is 0.334. The quantitative estimate of drug-likeness (QED) is 0.641. The van der Waals surface area contributed by atoms with Crippen LogP contribution in [0.2, 0.25) is 0 Å². The highest BCUT2D eigenvalue weighted by atomic mass is 127. The average molecular weight is 399 g/mol. The molecule has 0 unspecified atom stereocenters. The lowest BCUT2D eigenvalue weighted by molar-refractivity contribution is 0.581. The minimum atomic E-state index is -0.793. The van der Waals surface area contributed by atoms with Crippen LogP contribution in [0.4, 0.5) is 14.7 Å². The van der Waals surface area contributed by atoms with Crippen molar-refractivity contribution in [2.75, 3.05) is 5.73 Å². The van der Waals surface area contributed by atoms with Crippen LogP contribution in [-0.4, -0.2) is 9.55 Å². The summed E-state index contributed by atoms with van der Waals surface area (Å²) in [5.41, 5.74) is 5.73. The molecule has 2 N–H and O–H groups in total. The third kappa shape index (κ3) is 2.48. The highest BCUT2D eigenvalue weighted by Gasteiger charge is 2.12. The van der Waals surface area contributed by atoms with Crippen LogP contribution in [0.5, 0.6) is 0 Å². The number of rotatable bonds is 1. The molecule has 0 fully saturated rings. The molecule has 0 aliphatic rings. The molecule has 0 spiro atoms. The normalized spacial score (nSPS) is 11.0. The second kappa shape index (κ2) is 5.06. The molecule has 2 aromatic carbocycles. The van der Waals surface area contributed by atoms with Gasteiger partial charge in [0.05, 0.1) is 16.6 Å². The molecule has 1 aromatic heterocycles. The topological polar surface area (TPSA) is 60.9 Å². The summed E-state index contributed by atoms with van der Waals surface area (Å²) in [5.74, 6) is -1.71. The Kier molecular flexibility index (Phi) is 3.36. The zero-order chi connectivity index (χ0) is 15.1. The van der Waals surface area contributed by atoms with Gasteiger partial charge in [-0.2, -0.15) is 0 Å². The maximum absolute atomic E-state index is 13.3. The number of hydrogen-bond donors (Lipinski definition) is 1. The Bertz CT molecular complexity index is 904. The van der Waals surface area contributed by atoms with Gasteiger partial charge in [0, 0.05) is 9.64 Å². The number of hydrogen-bond acceptors (Lipinski definition) is 3. The first kappa shape index (κ1) is 13.9. The second-order valence-electron chi connectivity index (χ2n) is 4.40. The van der Waals surface area contributed by atoms with Crippen LogP contribution in [0.3, 0.4) is 0 Å². The van der Waals surface area contributed by atoms with Gasteiger partial charge in [-0.3, -0.25) is 4.79 Å². The van der Waals surface area contributed by atoms with E-state index in [4.69, 9.17) is 5.73 Å². The maximum Gasteiger partial charge on any atom is 0.267 e. The molecule has 0 saturated heterocycles. The first-order chi connectivity index (χ1) is 9.95. The van der Waals surface area contributed by atoms with Crippen molar-refractivity contribution in [2.45, 2.75) is 0 Å². The number of nitrogens with two attached hydrogens (primary N) is 1. The molecule has 7 heteroatoms. The first-order valence-corrected chi connectivity index (χ1v) is 6.98. The van der Waals surface area contributed by atoms with Crippen molar-refractivity contribution in [1.29, 1.82) is 0 Å². The molecule has 0 amide bonds. The van der Waals surface area contributed by atoms with Crippen LogP contribution in [0, 0.1) is 15.2 Å². The van der Waals surface area contributed by atoms with Crippen molar-refractivity contribution in [2.24, 2.45) is 0 Å². The smallest absolute Gasteiger partial charge is 0.267 e. The van der Waals surface area contributed by atoms with E-state index in [1.54, 1.807) is 18.2 Å². The van der Waals surface area contributed by atoms with Crippen LogP contribution < -0.4 is 11.3 Å². The molecule has 0 aliphatic heterocycles. The standard InChI is InChI=1S/C14H8F2IN3O/c15-7-3-8(16)5-10(4-7)20-13(21)11-6-9(17)1-2-12(11)19-14(20)18/h1-6H,(H2,18,19). The van der Waals surface area contributed by atoms with Crippen molar-refractivity contribution < 1.29 is 8.78 Å². The highest BCUT2D eigenvalue weighted by Crippen LogP contribution is 2.18. The van der Waals surface area contributed by atoms with Crippen molar-refractivity contribution in [3.63, 3.8) is 0 Å². The molecule has 4 nitrogen and oxygen atoms in total. The summed E-state index contributed by atoms with van der Waals surface area (Å²) in [6.45, 7) is 0. The van der Waals surface area contributed by atoms with Gasteiger partial charge in [0.25, 0.3) is 5.56 Å². The summed E-state index contributed by atoms with van der Waals surface area (Å²) < 4.78 is 28.5. The van der Waals surface area contributed by atoms with Crippen LogP contribution in [0.15, 0.2) is 41.2 Å². The van der Waals surface area contributed by atoms with Crippen molar-refractivity contribution >= 4 is 39.4 Å². The van der Waals surface area contributed by atoms with Crippen molar-refractivity contribution in [3.8, 4) is 5.69 Å². The van der Waals surface area contributed by atoms with E-state index in [1.807, 2.05) is 0 Å². The monoisotopic (exact) mass is 399 g/mol. The molecule has 3 aromatic rings. The summed E-state index contributed by atoms with van der Waals surface area (Å²) in [7, 11) is 0. The third-order valence-corrected chi connectivity index (χ3v) is 3.63. The number of aromatic nitrogens is 2. The van der Waals surface area contributed by atoms with Gasteiger partial charge in [-0.1, -0.05) is 0 Å². The van der Waals surface area contributed by atoms with E-state index >= 15 is 0 Å². The van der Waals surface area contributed by atoms with Gasteiger partial charge in [-0.15, -0.1) is 0 Å². The number of anilines is 1. The van der Waals surface area contributed by atoms with Gasteiger partial charge < -0.3 is 5.73 Å². The number of fused-ring (bicyclic) bond motifs is 1. The van der Waals surface area contributed by atoms with E-state index in [0.29, 0.717) is 10.9 Å². The minimum Gasteiger partial charge on any atom is -0.369 e. The first-order valence-electron chi connectivity index (χ1n) is 5.90. The van der Waals surface area contributed by atoms with Gasteiger partial charge in [-0.05, 0) is 52.9 Å². The molecule has 1 heterocycles. The van der Waals surface area contributed by atoms with Gasteiger partial charge in [0.1, 0.15) is 11.6 Å². The molecule has 0 atom stereocenters. The predicted octanol–water partition coefficient (Wildman–Crippen LogP) is 2.85. The lowest BCUT2D eigenvalue weighted by Gasteiger charge is -2.10. The van der Waals surface area contributed by atoms with Gasteiger partial charge in [0.2, 0.25) is 5.95 Å². The van der Waals surface area contributed by atoms with Crippen LogP contribution in [-0.2, 0) is 0 Å². The van der Waals surface area contributed by atoms with Crippen LogP contribution in [0.25, 0.3) is 16.6 Å². The molecule has 0 bridgehead atoms. The summed E-state index contributed by atoms with van der Waals surface area (Å²) in [6, 6.07) is 7.90. The summed E-state index contributed by atoms with van der Waals surface area (Å²) in [4.78, 5) is 16.6. The molecule has 106 valence electrons. The predicted molar refractivity (Wildman–Crippen MR) is 84.4 cm³/mol. The SMILES string of the molecule is Nc1nc2ccc(I)cc2c(=O)n1-c1cc(F)cc(F)c1. The fourth-order valence-electron chi connectivity index (χ4n) is 2.09. The lowest BCUT2D eigenvalue weighted by Crippen LogP contribution is -2.23.